The first-order valence-electron chi connectivity index (χ1n) is 7.00. The molecule has 1 aliphatic rings. The Bertz CT molecular complexity index is 628. The first-order valence-corrected chi connectivity index (χ1v) is 7.00. The highest BCUT2D eigenvalue weighted by molar-refractivity contribution is 6.04. The van der Waals surface area contributed by atoms with E-state index >= 15 is 0 Å². The number of nitrogens with one attached hydrogen (secondary N) is 2. The third-order valence-electron chi connectivity index (χ3n) is 3.99. The molecule has 20 heavy (non-hydrogen) atoms. The second-order valence-electron chi connectivity index (χ2n) is 5.94. The van der Waals surface area contributed by atoms with E-state index in [-0.39, 0.29) is 11.4 Å². The predicted octanol–water partition coefficient (Wildman–Crippen LogP) is 1.78. The number of hydrogen-bond acceptors (Lipinski definition) is 3. The van der Waals surface area contributed by atoms with Crippen molar-refractivity contribution in [3.8, 4) is 0 Å². The minimum Gasteiger partial charge on any atom is -0.344 e. The molecule has 3 rings (SSSR count). The Morgan fingerprint density at radius 1 is 1.40 bits per heavy atom. The molecule has 106 valence electrons. The summed E-state index contributed by atoms with van der Waals surface area (Å²) in [7, 11) is 4.08. The minimum absolute atomic E-state index is 0.0796. The van der Waals surface area contributed by atoms with E-state index in [1.54, 1.807) is 0 Å². The molecular formula is C15H20N4O. The lowest BCUT2D eigenvalue weighted by atomic mass is 9.76. The van der Waals surface area contributed by atoms with Gasteiger partial charge < -0.3 is 10.2 Å². The fraction of sp³-hybridized carbons (Fsp3) is 0.467. The van der Waals surface area contributed by atoms with Crippen LogP contribution in [0.15, 0.2) is 24.3 Å². The van der Waals surface area contributed by atoms with E-state index in [2.05, 4.69) is 20.4 Å². The standard InChI is InChI=1S/C15H20N4O/c1-19(2)10-15(8-5-9-15)16-14(20)13-11-6-3-4-7-12(11)17-18-13/h3-4,6-7H,5,8-10H2,1-2H3,(H,16,20)(H,17,18). The summed E-state index contributed by atoms with van der Waals surface area (Å²) >= 11 is 0. The van der Waals surface area contributed by atoms with Crippen LogP contribution in [-0.2, 0) is 0 Å². The second-order valence-corrected chi connectivity index (χ2v) is 5.94. The van der Waals surface area contributed by atoms with Crippen LogP contribution in [0, 0.1) is 0 Å². The van der Waals surface area contributed by atoms with Gasteiger partial charge in [0.2, 0.25) is 0 Å². The highest BCUT2D eigenvalue weighted by Crippen LogP contribution is 2.32. The Morgan fingerprint density at radius 2 is 2.15 bits per heavy atom. The summed E-state index contributed by atoms with van der Waals surface area (Å²) in [6, 6.07) is 7.71. The number of hydrogen-bond donors (Lipinski definition) is 2. The lowest BCUT2D eigenvalue weighted by molar-refractivity contribution is 0.0769. The summed E-state index contributed by atoms with van der Waals surface area (Å²) < 4.78 is 0. The number of aromatic nitrogens is 2. The Hall–Kier alpha value is -1.88. The number of carbonyl (C=O) groups is 1. The number of aromatic amines is 1. The van der Waals surface area contributed by atoms with Crippen molar-refractivity contribution in [3.05, 3.63) is 30.0 Å². The Labute approximate surface area is 118 Å². The SMILES string of the molecule is CN(C)CC1(NC(=O)c2n[nH]c3ccccc23)CCC1. The maximum atomic E-state index is 12.5. The number of rotatable bonds is 4. The third kappa shape index (κ3) is 2.29. The van der Waals surface area contributed by atoms with Crippen molar-refractivity contribution in [1.29, 1.82) is 0 Å². The van der Waals surface area contributed by atoms with E-state index in [0.29, 0.717) is 5.69 Å². The monoisotopic (exact) mass is 272 g/mol. The van der Waals surface area contributed by atoms with E-state index in [1.165, 1.54) is 6.42 Å². The molecule has 1 fully saturated rings. The third-order valence-corrected chi connectivity index (χ3v) is 3.99. The van der Waals surface area contributed by atoms with Gasteiger partial charge in [0.1, 0.15) is 0 Å². The van der Waals surface area contributed by atoms with Gasteiger partial charge in [-0.05, 0) is 39.4 Å². The van der Waals surface area contributed by atoms with Gasteiger partial charge in [-0.25, -0.2) is 0 Å². The molecule has 0 atom stereocenters. The van der Waals surface area contributed by atoms with Crippen LogP contribution in [0.1, 0.15) is 29.8 Å². The largest absolute Gasteiger partial charge is 0.344 e. The number of carbonyl (C=O) groups excluding carboxylic acids is 1. The van der Waals surface area contributed by atoms with Crippen molar-refractivity contribution in [2.45, 2.75) is 24.8 Å². The number of fused-ring (bicyclic) bond motifs is 1. The van der Waals surface area contributed by atoms with Gasteiger partial charge in [-0.2, -0.15) is 5.10 Å². The molecule has 1 saturated carbocycles. The molecule has 1 aromatic heterocycles. The van der Waals surface area contributed by atoms with Gasteiger partial charge in [0.05, 0.1) is 11.1 Å². The highest BCUT2D eigenvalue weighted by atomic mass is 16.2. The summed E-state index contributed by atoms with van der Waals surface area (Å²) in [4.78, 5) is 14.6. The molecule has 5 heteroatoms. The van der Waals surface area contributed by atoms with Crippen LogP contribution < -0.4 is 5.32 Å². The zero-order valence-corrected chi connectivity index (χ0v) is 11.9. The maximum Gasteiger partial charge on any atom is 0.272 e. The first kappa shape index (κ1) is 13.1. The molecular weight excluding hydrogens is 252 g/mol. The van der Waals surface area contributed by atoms with E-state index in [4.69, 9.17) is 0 Å². The Balaban J connectivity index is 1.82. The zero-order valence-electron chi connectivity index (χ0n) is 11.9. The topological polar surface area (TPSA) is 61.0 Å². The molecule has 1 aromatic carbocycles. The van der Waals surface area contributed by atoms with Crippen LogP contribution in [0.4, 0.5) is 0 Å². The number of likely N-dealkylation sites (N-methyl/N-ethyl adjacent to an activating group) is 1. The molecule has 1 amide bonds. The normalized spacial score (nSPS) is 17.1. The van der Waals surface area contributed by atoms with Crippen LogP contribution in [0.25, 0.3) is 10.9 Å². The quantitative estimate of drug-likeness (QED) is 0.892. The lowest BCUT2D eigenvalue weighted by Crippen LogP contribution is -2.59. The Morgan fingerprint density at radius 3 is 2.80 bits per heavy atom. The summed E-state index contributed by atoms with van der Waals surface area (Å²) in [5.41, 5.74) is 1.30. The summed E-state index contributed by atoms with van der Waals surface area (Å²) in [5, 5.41) is 11.1. The van der Waals surface area contributed by atoms with E-state index < -0.39 is 0 Å². The predicted molar refractivity (Wildman–Crippen MR) is 78.7 cm³/mol. The van der Waals surface area contributed by atoms with Crippen molar-refractivity contribution in [2.24, 2.45) is 0 Å². The fourth-order valence-electron chi connectivity index (χ4n) is 2.97. The van der Waals surface area contributed by atoms with E-state index in [9.17, 15) is 4.79 Å². The van der Waals surface area contributed by atoms with Gasteiger partial charge in [0.15, 0.2) is 5.69 Å². The average molecular weight is 272 g/mol. The first-order chi connectivity index (χ1) is 9.60. The van der Waals surface area contributed by atoms with Crippen molar-refractivity contribution >= 4 is 16.8 Å². The van der Waals surface area contributed by atoms with E-state index in [0.717, 1.165) is 30.3 Å². The summed E-state index contributed by atoms with van der Waals surface area (Å²) in [5.74, 6) is -0.0796. The molecule has 1 aliphatic carbocycles. The fourth-order valence-corrected chi connectivity index (χ4v) is 2.97. The van der Waals surface area contributed by atoms with Crippen LogP contribution in [-0.4, -0.2) is 47.2 Å². The number of nitrogens with zero attached hydrogens (tertiary/aromatic N) is 2. The number of para-hydroxylation sites is 1. The van der Waals surface area contributed by atoms with Gasteiger partial charge in [0.25, 0.3) is 5.91 Å². The number of amides is 1. The van der Waals surface area contributed by atoms with Crippen molar-refractivity contribution in [1.82, 2.24) is 20.4 Å². The van der Waals surface area contributed by atoms with Crippen molar-refractivity contribution < 1.29 is 4.79 Å². The lowest BCUT2D eigenvalue weighted by Gasteiger charge is -2.44. The molecule has 0 aliphatic heterocycles. The molecule has 0 bridgehead atoms. The maximum absolute atomic E-state index is 12.5. The molecule has 0 unspecified atom stereocenters. The minimum atomic E-state index is -0.0827. The zero-order chi connectivity index (χ0) is 14.2. The number of benzene rings is 1. The summed E-state index contributed by atoms with van der Waals surface area (Å²) in [6.07, 6.45) is 3.26. The van der Waals surface area contributed by atoms with Crippen molar-refractivity contribution in [2.75, 3.05) is 20.6 Å². The van der Waals surface area contributed by atoms with Gasteiger partial charge >= 0.3 is 0 Å². The van der Waals surface area contributed by atoms with Crippen LogP contribution in [0.3, 0.4) is 0 Å². The van der Waals surface area contributed by atoms with Gasteiger partial charge in [-0.15, -0.1) is 0 Å². The molecule has 0 saturated heterocycles. The van der Waals surface area contributed by atoms with Crippen LogP contribution in [0.5, 0.6) is 0 Å². The second kappa shape index (κ2) is 4.90. The summed E-state index contributed by atoms with van der Waals surface area (Å²) in [6.45, 7) is 0.876. The highest BCUT2D eigenvalue weighted by Gasteiger charge is 2.39. The molecule has 2 aromatic rings. The van der Waals surface area contributed by atoms with Crippen LogP contribution in [0.2, 0.25) is 0 Å². The van der Waals surface area contributed by atoms with Gasteiger partial charge in [-0.1, -0.05) is 18.2 Å². The van der Waals surface area contributed by atoms with Crippen LogP contribution >= 0.6 is 0 Å². The van der Waals surface area contributed by atoms with Gasteiger partial charge in [0, 0.05) is 11.9 Å². The van der Waals surface area contributed by atoms with E-state index in [1.807, 2.05) is 38.4 Å². The molecule has 5 nitrogen and oxygen atoms in total. The molecule has 0 radical (unpaired) electrons. The smallest absolute Gasteiger partial charge is 0.272 e. The molecule has 2 N–H and O–H groups in total. The Kier molecular flexibility index (Phi) is 3.22. The average Bonchev–Trinajstić information content (AvgIpc) is 2.79. The molecule has 0 spiro atoms. The van der Waals surface area contributed by atoms with Crippen molar-refractivity contribution in [3.63, 3.8) is 0 Å². The molecule has 1 heterocycles. The number of H-pyrrole nitrogens is 1. The van der Waals surface area contributed by atoms with Gasteiger partial charge in [-0.3, -0.25) is 9.89 Å².